The highest BCUT2D eigenvalue weighted by molar-refractivity contribution is 7.91. The summed E-state index contributed by atoms with van der Waals surface area (Å²) in [5.41, 5.74) is 1.89. The average molecular weight is 517 g/mol. The van der Waals surface area contributed by atoms with Gasteiger partial charge >= 0.3 is 5.22 Å². The topological polar surface area (TPSA) is 143 Å². The smallest absolute Gasteiger partial charge is 0.336 e. The predicted molar refractivity (Wildman–Crippen MR) is 128 cm³/mol. The lowest BCUT2D eigenvalue weighted by Crippen LogP contribution is -2.23. The van der Waals surface area contributed by atoms with Crippen molar-refractivity contribution < 1.29 is 31.8 Å². The molecule has 0 aliphatic rings. The van der Waals surface area contributed by atoms with Crippen molar-refractivity contribution in [3.8, 4) is 40.0 Å². The Morgan fingerprint density at radius 2 is 1.69 bits per heavy atom. The van der Waals surface area contributed by atoms with E-state index in [4.69, 9.17) is 18.6 Å². The van der Waals surface area contributed by atoms with Gasteiger partial charge in [-0.05, 0) is 12.1 Å². The Labute approximate surface area is 204 Å². The minimum atomic E-state index is -4.22. The first-order chi connectivity index (χ1) is 16.8. The second-order valence-corrected chi connectivity index (χ2v) is 9.72. The molecule has 0 aliphatic heterocycles. The number of benzene rings is 2. The number of anilines is 1. The van der Waals surface area contributed by atoms with E-state index in [9.17, 15) is 13.2 Å². The fourth-order valence-corrected chi connectivity index (χ4v) is 4.77. The normalized spacial score (nSPS) is 11.2. The molecule has 0 fully saturated rings. The molecule has 35 heavy (non-hydrogen) atoms. The van der Waals surface area contributed by atoms with Crippen molar-refractivity contribution in [2.24, 2.45) is 0 Å². The molecule has 0 saturated carbocycles. The van der Waals surface area contributed by atoms with Gasteiger partial charge < -0.3 is 23.9 Å². The largest absolute Gasteiger partial charge is 0.493 e. The van der Waals surface area contributed by atoms with E-state index >= 15 is 0 Å². The lowest BCUT2D eigenvalue weighted by molar-refractivity contribution is -0.113. The van der Waals surface area contributed by atoms with Gasteiger partial charge in [-0.15, -0.1) is 16.4 Å². The zero-order chi connectivity index (χ0) is 25.0. The van der Waals surface area contributed by atoms with Gasteiger partial charge in [0.1, 0.15) is 5.75 Å². The fourth-order valence-electron chi connectivity index (χ4n) is 3.12. The molecular formula is C22H20N4O7S2. The summed E-state index contributed by atoms with van der Waals surface area (Å²) >= 11 is 1.18. The molecule has 0 unspecified atom stereocenters. The Bertz CT molecular complexity index is 1420. The molecule has 0 spiro atoms. The number of nitrogens with zero attached hydrogens (tertiary/aromatic N) is 3. The molecule has 2 heterocycles. The van der Waals surface area contributed by atoms with Gasteiger partial charge in [0.2, 0.25) is 27.4 Å². The van der Waals surface area contributed by atoms with E-state index in [0.717, 1.165) is 5.56 Å². The number of sulfone groups is 1. The van der Waals surface area contributed by atoms with E-state index in [1.54, 1.807) is 5.38 Å². The van der Waals surface area contributed by atoms with Crippen molar-refractivity contribution in [1.29, 1.82) is 0 Å². The summed E-state index contributed by atoms with van der Waals surface area (Å²) in [5.74, 6) is -0.795. The van der Waals surface area contributed by atoms with Crippen LogP contribution in [-0.4, -0.2) is 56.6 Å². The van der Waals surface area contributed by atoms with Crippen LogP contribution in [0.5, 0.6) is 17.2 Å². The lowest BCUT2D eigenvalue weighted by Gasteiger charge is -2.12. The van der Waals surface area contributed by atoms with Crippen LogP contribution in [-0.2, 0) is 14.6 Å². The quantitative estimate of drug-likeness (QED) is 0.352. The van der Waals surface area contributed by atoms with Crippen LogP contribution in [0.1, 0.15) is 0 Å². The van der Waals surface area contributed by atoms with Gasteiger partial charge in [-0.25, -0.2) is 13.4 Å². The molecule has 1 N–H and O–H groups in total. The number of carbonyl (C=O) groups is 1. The maximum absolute atomic E-state index is 12.7. The number of ether oxygens (including phenoxy) is 3. The van der Waals surface area contributed by atoms with Crippen LogP contribution < -0.4 is 19.5 Å². The number of amides is 1. The second kappa shape index (κ2) is 10.1. The molecule has 0 saturated heterocycles. The molecule has 2 aromatic heterocycles. The molecule has 0 radical (unpaired) electrons. The molecular weight excluding hydrogens is 496 g/mol. The third-order valence-corrected chi connectivity index (χ3v) is 6.82. The number of carbonyl (C=O) groups excluding carboxylic acids is 1. The van der Waals surface area contributed by atoms with Crippen molar-refractivity contribution in [1.82, 2.24) is 15.2 Å². The summed E-state index contributed by atoms with van der Waals surface area (Å²) in [6.07, 6.45) is 0. The van der Waals surface area contributed by atoms with Gasteiger partial charge in [0.15, 0.2) is 16.6 Å². The van der Waals surface area contributed by atoms with E-state index in [-0.39, 0.29) is 11.0 Å². The number of thiazole rings is 1. The monoisotopic (exact) mass is 516 g/mol. The van der Waals surface area contributed by atoms with Crippen LogP contribution in [0.3, 0.4) is 0 Å². The first-order valence-corrected chi connectivity index (χ1v) is 12.5. The van der Waals surface area contributed by atoms with E-state index < -0.39 is 26.7 Å². The predicted octanol–water partition coefficient (Wildman–Crippen LogP) is 3.30. The number of hydrogen-bond donors (Lipinski definition) is 1. The van der Waals surface area contributed by atoms with Crippen molar-refractivity contribution in [3.63, 3.8) is 0 Å². The maximum Gasteiger partial charge on any atom is 0.336 e. The number of hydrogen-bond acceptors (Lipinski definition) is 11. The number of nitrogens with one attached hydrogen (secondary N) is 1. The van der Waals surface area contributed by atoms with Crippen LogP contribution >= 0.6 is 11.3 Å². The summed E-state index contributed by atoms with van der Waals surface area (Å²) < 4.78 is 46.6. The zero-order valence-corrected chi connectivity index (χ0v) is 20.5. The van der Waals surface area contributed by atoms with Crippen molar-refractivity contribution in [2.75, 3.05) is 32.4 Å². The van der Waals surface area contributed by atoms with Crippen LogP contribution in [0.4, 0.5) is 5.13 Å². The zero-order valence-electron chi connectivity index (χ0n) is 18.8. The summed E-state index contributed by atoms with van der Waals surface area (Å²) in [4.78, 5) is 16.7. The van der Waals surface area contributed by atoms with Crippen LogP contribution in [0, 0.1) is 0 Å². The molecule has 0 bridgehead atoms. The average Bonchev–Trinajstić information content (AvgIpc) is 3.54. The Balaban J connectivity index is 1.49. The van der Waals surface area contributed by atoms with Crippen LogP contribution in [0.15, 0.2) is 57.5 Å². The van der Waals surface area contributed by atoms with E-state index in [1.807, 2.05) is 30.3 Å². The van der Waals surface area contributed by atoms with Gasteiger partial charge in [-0.3, -0.25) is 4.79 Å². The highest BCUT2D eigenvalue weighted by Crippen LogP contribution is 2.41. The summed E-state index contributed by atoms with van der Waals surface area (Å²) in [6, 6.07) is 12.5. The van der Waals surface area contributed by atoms with Crippen molar-refractivity contribution in [2.45, 2.75) is 5.22 Å². The van der Waals surface area contributed by atoms with Crippen LogP contribution in [0.2, 0.25) is 0 Å². The fraction of sp³-hybridized carbons (Fsp3) is 0.182. The lowest BCUT2D eigenvalue weighted by atomic mass is 10.2. The highest BCUT2D eigenvalue weighted by atomic mass is 32.2. The standard InChI is InChI=1S/C22H20N4O7S2/c1-30-16-9-14(10-17(31-2)19(16)32-3)20-25-26-22(33-20)35(28,29)12-18(27)24-21-23-15(11-34-21)13-7-5-4-6-8-13/h4-11H,12H2,1-3H3,(H,23,24,27). The molecule has 0 atom stereocenters. The Morgan fingerprint density at radius 1 is 1.00 bits per heavy atom. The Morgan fingerprint density at radius 3 is 2.31 bits per heavy atom. The number of rotatable bonds is 9. The van der Waals surface area contributed by atoms with Crippen LogP contribution in [0.25, 0.3) is 22.7 Å². The molecule has 2 aromatic carbocycles. The van der Waals surface area contributed by atoms with Gasteiger partial charge in [0.05, 0.1) is 27.0 Å². The highest BCUT2D eigenvalue weighted by Gasteiger charge is 2.27. The summed E-state index contributed by atoms with van der Waals surface area (Å²) in [5, 5.41) is 11.2. The third-order valence-electron chi connectivity index (χ3n) is 4.73. The van der Waals surface area contributed by atoms with Gasteiger partial charge in [-0.2, -0.15) is 0 Å². The molecule has 4 rings (SSSR count). The maximum atomic E-state index is 12.7. The second-order valence-electron chi connectivity index (χ2n) is 7.00. The molecule has 11 nitrogen and oxygen atoms in total. The van der Waals surface area contributed by atoms with Gasteiger partial charge in [0, 0.05) is 16.5 Å². The first kappa shape index (κ1) is 24.2. The number of aromatic nitrogens is 3. The third kappa shape index (κ3) is 5.25. The Hall–Kier alpha value is -3.97. The molecule has 1 amide bonds. The van der Waals surface area contributed by atoms with Crippen molar-refractivity contribution in [3.05, 3.63) is 47.8 Å². The van der Waals surface area contributed by atoms with Crippen molar-refractivity contribution >= 4 is 32.2 Å². The van der Waals surface area contributed by atoms with Gasteiger partial charge in [-0.1, -0.05) is 35.4 Å². The minimum Gasteiger partial charge on any atom is -0.493 e. The Kier molecular flexibility index (Phi) is 6.98. The molecule has 13 heteroatoms. The summed E-state index contributed by atoms with van der Waals surface area (Å²) in [7, 11) is 0.114. The van der Waals surface area contributed by atoms with E-state index in [1.165, 1.54) is 44.8 Å². The minimum absolute atomic E-state index is 0.101. The van der Waals surface area contributed by atoms with E-state index in [2.05, 4.69) is 20.5 Å². The molecule has 4 aromatic rings. The number of methoxy groups -OCH3 is 3. The first-order valence-electron chi connectivity index (χ1n) is 10.0. The van der Waals surface area contributed by atoms with Gasteiger partial charge in [0.25, 0.3) is 0 Å². The molecule has 0 aliphatic carbocycles. The SMILES string of the molecule is COc1cc(-c2nnc(S(=O)(=O)CC(=O)Nc3nc(-c4ccccc4)cs3)o2)cc(OC)c1OC. The molecule has 182 valence electrons. The van der Waals surface area contributed by atoms with E-state index in [0.29, 0.717) is 28.5 Å². The summed E-state index contributed by atoms with van der Waals surface area (Å²) in [6.45, 7) is 0.